The maximum atomic E-state index is 5.67. The van der Waals surface area contributed by atoms with Gasteiger partial charge in [0.15, 0.2) is 0 Å². The summed E-state index contributed by atoms with van der Waals surface area (Å²) in [5.41, 5.74) is 15.3. The van der Waals surface area contributed by atoms with Gasteiger partial charge in [-0.25, -0.2) is 0 Å². The molecular formula is C49H56Cl2N4O4Ru-2. The minimum absolute atomic E-state index is 0.889. The summed E-state index contributed by atoms with van der Waals surface area (Å²) in [7, 11) is 18.1. The van der Waals surface area contributed by atoms with E-state index in [9.17, 15) is 0 Å². The second-order valence-electron chi connectivity index (χ2n) is 14.6. The molecule has 320 valence electrons. The van der Waals surface area contributed by atoms with E-state index in [1.54, 1.807) is 28.4 Å². The zero-order valence-corrected chi connectivity index (χ0v) is 39.8. The molecule has 0 aromatic heterocycles. The average Bonchev–Trinajstić information content (AvgIpc) is 3.88. The molecule has 60 heavy (non-hydrogen) atoms. The van der Waals surface area contributed by atoms with Crippen LogP contribution in [0.1, 0.15) is 50.1 Å². The van der Waals surface area contributed by atoms with Crippen LogP contribution in [0.4, 0.5) is 22.7 Å². The average molecular weight is 937 g/mol. The third-order valence-electron chi connectivity index (χ3n) is 10.1. The zero-order chi connectivity index (χ0) is 43.7. The number of aryl methyl sites for hydroxylation is 8. The molecule has 5 aromatic rings. The molecule has 11 heteroatoms. The molecule has 2 aliphatic heterocycles. The predicted molar refractivity (Wildman–Crippen MR) is 250 cm³/mol. The second-order valence-corrected chi connectivity index (χ2v) is 20.3. The SMILES string of the molecule is COc1cc(C)c(N2C=CN(c3c(C)cc(OC)cc3C)[CH-]2)c(C)c1.COc1cc(C)c(N2C=CN(c3c(C)cc(OC)cc3C)[CH-]2)c(C)c1.[Cl][Ru]([Cl])=[CH]c1ccccc1. The molecule has 7 rings (SSSR count). The quantitative estimate of drug-likeness (QED) is 0.107. The van der Waals surface area contributed by atoms with E-state index >= 15 is 0 Å². The van der Waals surface area contributed by atoms with Crippen LogP contribution in [0.15, 0.2) is 104 Å². The number of methoxy groups -OCH3 is 4. The Morgan fingerprint density at radius 2 is 0.650 bits per heavy atom. The van der Waals surface area contributed by atoms with Crippen LogP contribution in [0.2, 0.25) is 0 Å². The molecule has 0 saturated heterocycles. The van der Waals surface area contributed by atoms with Crippen LogP contribution in [0.25, 0.3) is 0 Å². The Bertz CT molecular complexity index is 2010. The number of nitrogens with zero attached hydrogens (tertiary/aromatic N) is 4. The molecule has 0 saturated carbocycles. The van der Waals surface area contributed by atoms with Crippen molar-refractivity contribution in [3.8, 4) is 23.0 Å². The van der Waals surface area contributed by atoms with Gasteiger partial charge in [0.2, 0.25) is 0 Å². The van der Waals surface area contributed by atoms with Gasteiger partial charge in [-0.1, -0.05) is 0 Å². The Labute approximate surface area is 370 Å². The number of rotatable bonds is 9. The van der Waals surface area contributed by atoms with Crippen molar-refractivity contribution in [3.63, 3.8) is 0 Å². The van der Waals surface area contributed by atoms with Gasteiger partial charge >= 0.3 is 73.4 Å². The van der Waals surface area contributed by atoms with Crippen LogP contribution in [-0.4, -0.2) is 33.0 Å². The summed E-state index contributed by atoms with van der Waals surface area (Å²) < 4.78 is 23.4. The second kappa shape index (κ2) is 21.0. The van der Waals surface area contributed by atoms with Crippen molar-refractivity contribution in [3.05, 3.63) is 167 Å². The molecule has 0 fully saturated rings. The first-order chi connectivity index (χ1) is 28.7. The number of ether oxygens (including phenoxy) is 4. The summed E-state index contributed by atoms with van der Waals surface area (Å²) in [6, 6.07) is 26.4. The van der Waals surface area contributed by atoms with Crippen molar-refractivity contribution in [1.29, 1.82) is 0 Å². The normalized spacial score (nSPS) is 13.1. The van der Waals surface area contributed by atoms with Crippen LogP contribution in [-0.2, 0) is 13.5 Å². The molecule has 0 unspecified atom stereocenters. The van der Waals surface area contributed by atoms with E-state index in [0.29, 0.717) is 0 Å². The molecule has 0 atom stereocenters. The number of benzene rings is 5. The maximum absolute atomic E-state index is 5.67. The number of hydrogen-bond acceptors (Lipinski definition) is 8. The minimum atomic E-state index is -1.61. The van der Waals surface area contributed by atoms with E-state index in [1.807, 2.05) is 34.9 Å². The van der Waals surface area contributed by atoms with Crippen molar-refractivity contribution < 1.29 is 32.5 Å². The van der Waals surface area contributed by atoms with Crippen molar-refractivity contribution in [1.82, 2.24) is 0 Å². The van der Waals surface area contributed by atoms with Gasteiger partial charge < -0.3 is 38.5 Å². The van der Waals surface area contributed by atoms with E-state index < -0.39 is 13.5 Å². The third-order valence-corrected chi connectivity index (χ3v) is 12.0. The van der Waals surface area contributed by atoms with Gasteiger partial charge in [0.25, 0.3) is 0 Å². The Kier molecular flexibility index (Phi) is 16.2. The number of halogens is 2. The fraction of sp³-hybridized carbons (Fsp3) is 0.245. The topological polar surface area (TPSA) is 49.9 Å². The van der Waals surface area contributed by atoms with Gasteiger partial charge in [-0.05, 0) is 173 Å². The van der Waals surface area contributed by atoms with Crippen LogP contribution < -0.4 is 38.5 Å². The van der Waals surface area contributed by atoms with Crippen molar-refractivity contribution in [2.45, 2.75) is 55.4 Å². The molecule has 0 bridgehead atoms. The Hall–Kier alpha value is -4.95. The van der Waals surface area contributed by atoms with Gasteiger partial charge in [0, 0.05) is 22.7 Å². The fourth-order valence-corrected chi connectivity index (χ4v) is 9.44. The van der Waals surface area contributed by atoms with Crippen molar-refractivity contribution in [2.24, 2.45) is 0 Å². The molecule has 0 aliphatic carbocycles. The molecule has 5 aromatic carbocycles. The summed E-state index contributed by atoms with van der Waals surface area (Å²) in [6.45, 7) is 21.1. The molecule has 0 amide bonds. The Balaban J connectivity index is 0.000000186. The standard InChI is InChI=1S/2C21H25N2O2.C7H6.2ClH.Ru/c2*1-14-9-18(24-5)10-15(2)20(14)22-7-8-23(13-22)21-16(3)11-19(25-6)12-17(21)4;1-7-5-3-2-4-6-7;;;/h2*7-13H,1-6H3;1-6H;2*1H;/q2*-1;;;;+2/p-2. The van der Waals surface area contributed by atoms with E-state index in [0.717, 1.165) is 28.6 Å². The van der Waals surface area contributed by atoms with Gasteiger partial charge in [-0.3, -0.25) is 0 Å². The molecule has 2 heterocycles. The third kappa shape index (κ3) is 11.2. The zero-order valence-electron chi connectivity index (χ0n) is 36.6. The summed E-state index contributed by atoms with van der Waals surface area (Å²) in [5.74, 6) is 3.56. The molecule has 8 nitrogen and oxygen atoms in total. The summed E-state index contributed by atoms with van der Waals surface area (Å²) in [4.78, 5) is 8.64. The summed E-state index contributed by atoms with van der Waals surface area (Å²) >= 11 is -1.61. The monoisotopic (exact) mass is 936 g/mol. The van der Waals surface area contributed by atoms with E-state index in [1.165, 1.54) is 67.3 Å². The molecule has 2 aliphatic rings. The first-order valence-corrected chi connectivity index (χ1v) is 24.8. The van der Waals surface area contributed by atoms with Gasteiger partial charge in [-0.2, -0.15) is 0 Å². The molecule has 0 radical (unpaired) electrons. The summed E-state index contributed by atoms with van der Waals surface area (Å²) in [5, 5.41) is 0. The van der Waals surface area contributed by atoms with Crippen LogP contribution >= 0.6 is 19.4 Å². The van der Waals surface area contributed by atoms with Crippen molar-refractivity contribution in [2.75, 3.05) is 48.0 Å². The predicted octanol–water partition coefficient (Wildman–Crippen LogP) is 12.5. The van der Waals surface area contributed by atoms with Crippen LogP contribution in [0.5, 0.6) is 23.0 Å². The molecule has 0 spiro atoms. The van der Waals surface area contributed by atoms with Gasteiger partial charge in [0.1, 0.15) is 23.0 Å². The molecular weight excluding hydrogens is 881 g/mol. The van der Waals surface area contributed by atoms with Gasteiger partial charge in [-0.15, -0.1) is 13.3 Å². The first-order valence-electron chi connectivity index (χ1n) is 19.4. The fourth-order valence-electron chi connectivity index (χ4n) is 7.61. The van der Waals surface area contributed by atoms with Crippen molar-refractivity contribution >= 4 is 46.7 Å². The first kappa shape index (κ1) is 46.1. The number of anilines is 4. The van der Waals surface area contributed by atoms with Crippen LogP contribution in [0, 0.1) is 68.7 Å². The van der Waals surface area contributed by atoms with E-state index in [-0.39, 0.29) is 0 Å². The summed E-state index contributed by atoms with van der Waals surface area (Å²) in [6.07, 6.45) is 8.35. The van der Waals surface area contributed by atoms with E-state index in [2.05, 4.69) is 162 Å². The van der Waals surface area contributed by atoms with Gasteiger partial charge in [0.05, 0.1) is 28.4 Å². The van der Waals surface area contributed by atoms with Crippen LogP contribution in [0.3, 0.4) is 0 Å². The Morgan fingerprint density at radius 1 is 0.417 bits per heavy atom. The van der Waals surface area contributed by atoms with E-state index in [4.69, 9.17) is 38.3 Å². The molecule has 0 N–H and O–H groups in total. The number of hydrogen-bond donors (Lipinski definition) is 0. The Morgan fingerprint density at radius 3 is 0.850 bits per heavy atom.